The number of hydrogen-bond acceptors (Lipinski definition) is 7. The number of thioether (sulfide) groups is 1. The number of nitrogens with one attached hydrogen (secondary N) is 1. The molecule has 2 fully saturated rings. The van der Waals surface area contributed by atoms with Gasteiger partial charge in [-0.15, -0.1) is 0 Å². The van der Waals surface area contributed by atoms with Crippen LogP contribution in [-0.4, -0.2) is 61.3 Å². The third kappa shape index (κ3) is 6.59. The summed E-state index contributed by atoms with van der Waals surface area (Å²) in [6.45, 7) is 6.33. The van der Waals surface area contributed by atoms with Crippen molar-refractivity contribution in [2.45, 2.75) is 36.8 Å². The van der Waals surface area contributed by atoms with Gasteiger partial charge in [-0.25, -0.2) is 14.4 Å². The smallest absolute Gasteiger partial charge is 0.251 e. The second-order valence-electron chi connectivity index (χ2n) is 9.41. The van der Waals surface area contributed by atoms with Gasteiger partial charge in [0, 0.05) is 62.4 Å². The zero-order chi connectivity index (χ0) is 25.6. The Bertz CT molecular complexity index is 1210. The first-order chi connectivity index (χ1) is 18.0. The number of carbonyl (C=O) groups excluding carboxylic acids is 1. The molecule has 1 N–H and O–H groups in total. The van der Waals surface area contributed by atoms with Crippen molar-refractivity contribution in [1.82, 2.24) is 15.3 Å². The second-order valence-corrected chi connectivity index (χ2v) is 10.3. The molecular formula is C28H32FN5O2S. The SMILES string of the molecule is Cc1cc(N2CCN(c3ccccc3F)CC2)nc(SCc2ccc(C(=O)NC[C@H]3CCCO3)cc2)n1. The molecule has 9 heteroatoms. The first-order valence-electron chi connectivity index (χ1n) is 12.8. The van der Waals surface area contributed by atoms with Crippen LogP contribution in [0.5, 0.6) is 0 Å². The fourth-order valence-electron chi connectivity index (χ4n) is 4.65. The molecule has 0 radical (unpaired) electrons. The molecule has 1 atom stereocenters. The van der Waals surface area contributed by atoms with Crippen molar-refractivity contribution in [2.24, 2.45) is 0 Å². The van der Waals surface area contributed by atoms with Gasteiger partial charge in [0.2, 0.25) is 0 Å². The lowest BCUT2D eigenvalue weighted by atomic mass is 10.1. The van der Waals surface area contributed by atoms with Crippen LogP contribution in [0.4, 0.5) is 15.9 Å². The summed E-state index contributed by atoms with van der Waals surface area (Å²) < 4.78 is 19.7. The summed E-state index contributed by atoms with van der Waals surface area (Å²) >= 11 is 1.58. The second kappa shape index (κ2) is 11.9. The zero-order valence-corrected chi connectivity index (χ0v) is 21.8. The Morgan fingerprint density at radius 2 is 1.84 bits per heavy atom. The fourth-order valence-corrected chi connectivity index (χ4v) is 5.51. The van der Waals surface area contributed by atoms with Crippen LogP contribution in [0.1, 0.15) is 34.5 Å². The maximum absolute atomic E-state index is 14.2. The van der Waals surface area contributed by atoms with Gasteiger partial charge in [-0.2, -0.15) is 0 Å². The van der Waals surface area contributed by atoms with Crippen molar-refractivity contribution >= 4 is 29.2 Å². The van der Waals surface area contributed by atoms with E-state index in [-0.39, 0.29) is 17.8 Å². The highest BCUT2D eigenvalue weighted by atomic mass is 32.2. The topological polar surface area (TPSA) is 70.6 Å². The number of rotatable bonds is 8. The molecule has 1 amide bonds. The van der Waals surface area contributed by atoms with Gasteiger partial charge in [0.25, 0.3) is 5.91 Å². The van der Waals surface area contributed by atoms with E-state index in [9.17, 15) is 9.18 Å². The van der Waals surface area contributed by atoms with Crippen molar-refractivity contribution in [3.05, 3.63) is 77.2 Å². The minimum Gasteiger partial charge on any atom is -0.376 e. The molecule has 0 aliphatic carbocycles. The molecule has 5 rings (SSSR count). The number of carbonyl (C=O) groups is 1. The predicted octanol–water partition coefficient (Wildman–Crippen LogP) is 4.45. The monoisotopic (exact) mass is 521 g/mol. The van der Waals surface area contributed by atoms with Crippen molar-refractivity contribution in [3.8, 4) is 0 Å². The number of aryl methyl sites for hydroxylation is 1. The van der Waals surface area contributed by atoms with Gasteiger partial charge < -0.3 is 19.9 Å². The van der Waals surface area contributed by atoms with E-state index in [1.165, 1.54) is 6.07 Å². The van der Waals surface area contributed by atoms with E-state index in [1.54, 1.807) is 17.8 Å². The Balaban J connectivity index is 1.14. The number of halogens is 1. The van der Waals surface area contributed by atoms with Crippen LogP contribution in [-0.2, 0) is 10.5 Å². The average molecular weight is 522 g/mol. The highest BCUT2D eigenvalue weighted by Gasteiger charge is 2.21. The van der Waals surface area contributed by atoms with Crippen molar-refractivity contribution in [3.63, 3.8) is 0 Å². The van der Waals surface area contributed by atoms with Gasteiger partial charge in [0.05, 0.1) is 11.8 Å². The Morgan fingerprint density at radius 1 is 1.08 bits per heavy atom. The highest BCUT2D eigenvalue weighted by molar-refractivity contribution is 7.98. The molecule has 3 heterocycles. The number of para-hydroxylation sites is 1. The first-order valence-corrected chi connectivity index (χ1v) is 13.8. The van der Waals surface area contributed by atoms with E-state index in [4.69, 9.17) is 9.72 Å². The van der Waals surface area contributed by atoms with Crippen molar-refractivity contribution in [1.29, 1.82) is 0 Å². The molecule has 0 spiro atoms. The summed E-state index contributed by atoms with van der Waals surface area (Å²) in [4.78, 5) is 26.2. The third-order valence-electron chi connectivity index (χ3n) is 6.72. The standard InChI is InChI=1S/C28H32FN5O2S/c1-20-17-26(34-14-12-33(13-15-34)25-7-3-2-6-24(25)29)32-28(31-20)37-19-21-8-10-22(11-9-21)27(35)30-18-23-5-4-16-36-23/h2-3,6-11,17,23H,4-5,12-16,18-19H2,1H3,(H,30,35)/t23-/m1/s1. The van der Waals surface area contributed by atoms with Gasteiger partial charge in [0.1, 0.15) is 11.6 Å². The molecule has 37 heavy (non-hydrogen) atoms. The van der Waals surface area contributed by atoms with E-state index >= 15 is 0 Å². The normalized spacial score (nSPS) is 17.7. The fraction of sp³-hybridized carbons (Fsp3) is 0.393. The molecule has 2 aromatic carbocycles. The molecular weight excluding hydrogens is 489 g/mol. The molecule has 2 aliphatic heterocycles. The molecule has 2 aliphatic rings. The van der Waals surface area contributed by atoms with Gasteiger partial charge in [-0.05, 0) is 49.6 Å². The van der Waals surface area contributed by atoms with Crippen LogP contribution < -0.4 is 15.1 Å². The summed E-state index contributed by atoms with van der Waals surface area (Å²) in [6.07, 6.45) is 2.20. The Kier molecular flexibility index (Phi) is 8.21. The summed E-state index contributed by atoms with van der Waals surface area (Å²) in [7, 11) is 0. The van der Waals surface area contributed by atoms with Gasteiger partial charge in [-0.3, -0.25) is 4.79 Å². The van der Waals surface area contributed by atoms with Crippen LogP contribution in [0.15, 0.2) is 59.8 Å². The lowest BCUT2D eigenvalue weighted by Crippen LogP contribution is -2.47. The number of amides is 1. The zero-order valence-electron chi connectivity index (χ0n) is 21.0. The maximum atomic E-state index is 14.2. The van der Waals surface area contributed by atoms with Gasteiger partial charge in [0.15, 0.2) is 5.16 Å². The van der Waals surface area contributed by atoms with E-state index in [0.717, 1.165) is 67.9 Å². The van der Waals surface area contributed by atoms with Crippen molar-refractivity contribution < 1.29 is 13.9 Å². The Hall–Kier alpha value is -3.17. The molecule has 0 bridgehead atoms. The quantitative estimate of drug-likeness (QED) is 0.347. The van der Waals surface area contributed by atoms with E-state index in [2.05, 4.69) is 20.1 Å². The maximum Gasteiger partial charge on any atom is 0.251 e. The summed E-state index contributed by atoms with van der Waals surface area (Å²) in [5.74, 6) is 1.36. The van der Waals surface area contributed by atoms with Gasteiger partial charge in [-0.1, -0.05) is 36.0 Å². The van der Waals surface area contributed by atoms with Crippen LogP contribution >= 0.6 is 11.8 Å². The third-order valence-corrected chi connectivity index (χ3v) is 7.63. The summed E-state index contributed by atoms with van der Waals surface area (Å²) in [5, 5.41) is 3.69. The van der Waals surface area contributed by atoms with Crippen LogP contribution in [0.2, 0.25) is 0 Å². The lowest BCUT2D eigenvalue weighted by Gasteiger charge is -2.37. The number of nitrogens with zero attached hydrogens (tertiary/aromatic N) is 4. The molecule has 1 aromatic heterocycles. The number of aromatic nitrogens is 2. The molecule has 7 nitrogen and oxygen atoms in total. The molecule has 0 saturated carbocycles. The van der Waals surface area contributed by atoms with Crippen LogP contribution in [0, 0.1) is 12.7 Å². The number of hydrogen-bond donors (Lipinski definition) is 1. The number of ether oxygens (including phenoxy) is 1. The largest absolute Gasteiger partial charge is 0.376 e. The Morgan fingerprint density at radius 3 is 2.57 bits per heavy atom. The number of piperazine rings is 1. The van der Waals surface area contributed by atoms with E-state index in [1.807, 2.05) is 49.4 Å². The van der Waals surface area contributed by atoms with E-state index in [0.29, 0.717) is 23.5 Å². The highest BCUT2D eigenvalue weighted by Crippen LogP contribution is 2.25. The van der Waals surface area contributed by atoms with Gasteiger partial charge >= 0.3 is 0 Å². The number of benzene rings is 2. The minimum absolute atomic E-state index is 0.0727. The number of anilines is 2. The predicted molar refractivity (Wildman–Crippen MR) is 145 cm³/mol. The minimum atomic E-state index is -0.181. The van der Waals surface area contributed by atoms with Crippen molar-refractivity contribution in [2.75, 3.05) is 49.1 Å². The van der Waals surface area contributed by atoms with Crippen LogP contribution in [0.3, 0.4) is 0 Å². The van der Waals surface area contributed by atoms with E-state index < -0.39 is 0 Å². The van der Waals surface area contributed by atoms with Crippen LogP contribution in [0.25, 0.3) is 0 Å². The molecule has 0 unspecified atom stereocenters. The average Bonchev–Trinajstić information content (AvgIpc) is 3.45. The molecule has 194 valence electrons. The molecule has 2 saturated heterocycles. The summed E-state index contributed by atoms with van der Waals surface area (Å²) in [6, 6.07) is 16.6. The first kappa shape index (κ1) is 25.5. The Labute approximate surface area is 221 Å². The lowest BCUT2D eigenvalue weighted by molar-refractivity contribution is 0.0858. The summed E-state index contributed by atoms with van der Waals surface area (Å²) in [5.41, 5.74) is 3.33. The molecule has 3 aromatic rings.